The van der Waals surface area contributed by atoms with Crippen molar-refractivity contribution in [3.63, 3.8) is 0 Å². The van der Waals surface area contributed by atoms with Crippen LogP contribution in [0, 0.1) is 0 Å². The Labute approximate surface area is 64.0 Å². The summed E-state index contributed by atoms with van der Waals surface area (Å²) in [5.41, 5.74) is 0.504. The third kappa shape index (κ3) is 1.42. The van der Waals surface area contributed by atoms with Gasteiger partial charge in [-0.05, 0) is 18.9 Å². The molecule has 2 aliphatic carbocycles. The molecular weight excluding hydrogens is 147 g/mol. The Bertz CT molecular complexity index is 218. The van der Waals surface area contributed by atoms with Crippen molar-refractivity contribution in [1.29, 1.82) is 0 Å². The molecule has 0 aromatic carbocycles. The molecule has 1 fully saturated rings. The van der Waals surface area contributed by atoms with Crippen molar-refractivity contribution in [2.24, 2.45) is 0 Å². The maximum Gasteiger partial charge on any atom is 0.334 e. The van der Waals surface area contributed by atoms with Crippen molar-refractivity contribution >= 4 is 5.97 Å². The minimum Gasteiger partial charge on any atom is -0.459 e. The van der Waals surface area contributed by atoms with Gasteiger partial charge in [0.1, 0.15) is 12.3 Å². The number of alkyl halides is 1. The van der Waals surface area contributed by atoms with E-state index in [9.17, 15) is 9.18 Å². The quantitative estimate of drug-likeness (QED) is 0.564. The molecule has 0 N–H and O–H groups in total. The Morgan fingerprint density at radius 3 is 2.73 bits per heavy atom. The predicted molar refractivity (Wildman–Crippen MR) is 36.7 cm³/mol. The molecule has 1 saturated carbocycles. The lowest BCUT2D eigenvalue weighted by Gasteiger charge is -2.16. The van der Waals surface area contributed by atoms with Crippen LogP contribution in [0.25, 0.3) is 0 Å². The number of ether oxygens (including phenoxy) is 1. The maximum atomic E-state index is 12.2. The van der Waals surface area contributed by atoms with Crippen molar-refractivity contribution in [3.05, 3.63) is 11.6 Å². The monoisotopic (exact) mass is 156 g/mol. The minimum absolute atomic E-state index is 0.127. The van der Waals surface area contributed by atoms with Crippen LogP contribution >= 0.6 is 0 Å². The van der Waals surface area contributed by atoms with Gasteiger partial charge in [-0.2, -0.15) is 0 Å². The van der Waals surface area contributed by atoms with Crippen LogP contribution < -0.4 is 0 Å². The highest BCUT2D eigenvalue weighted by atomic mass is 19.1. The second-order valence-corrected chi connectivity index (χ2v) is 3.02. The van der Waals surface area contributed by atoms with E-state index < -0.39 is 6.17 Å². The second kappa shape index (κ2) is 2.32. The fourth-order valence-corrected chi connectivity index (χ4v) is 0.959. The SMILES string of the molecule is O=C(OC1CC1)C1=CC(F)C1. The average molecular weight is 156 g/mol. The molecular formula is C8H9FO2. The van der Waals surface area contributed by atoms with E-state index in [4.69, 9.17) is 4.74 Å². The normalized spacial score (nSPS) is 28.8. The summed E-state index contributed by atoms with van der Waals surface area (Å²) >= 11 is 0. The first kappa shape index (κ1) is 6.83. The summed E-state index contributed by atoms with van der Waals surface area (Å²) in [7, 11) is 0. The maximum absolute atomic E-state index is 12.2. The molecule has 1 unspecified atom stereocenters. The number of rotatable bonds is 2. The van der Waals surface area contributed by atoms with Crippen molar-refractivity contribution in [2.75, 3.05) is 0 Å². The van der Waals surface area contributed by atoms with Crippen LogP contribution in [0.3, 0.4) is 0 Å². The van der Waals surface area contributed by atoms with Crippen molar-refractivity contribution in [2.45, 2.75) is 31.5 Å². The van der Waals surface area contributed by atoms with E-state index in [-0.39, 0.29) is 18.5 Å². The number of hydrogen-bond acceptors (Lipinski definition) is 2. The van der Waals surface area contributed by atoms with Gasteiger partial charge in [0.2, 0.25) is 0 Å². The highest BCUT2D eigenvalue weighted by Crippen LogP contribution is 2.28. The standard InChI is InChI=1S/C8H9FO2/c9-6-3-5(4-6)8(10)11-7-1-2-7/h3,6-7H,1-2,4H2. The Morgan fingerprint density at radius 2 is 2.27 bits per heavy atom. The first-order valence-electron chi connectivity index (χ1n) is 3.81. The molecule has 3 heteroatoms. The van der Waals surface area contributed by atoms with Crippen LogP contribution in [0.4, 0.5) is 4.39 Å². The molecule has 2 nitrogen and oxygen atoms in total. The smallest absolute Gasteiger partial charge is 0.334 e. The number of hydrogen-bond donors (Lipinski definition) is 0. The van der Waals surface area contributed by atoms with Crippen LogP contribution in [0.1, 0.15) is 19.3 Å². The fraction of sp³-hybridized carbons (Fsp3) is 0.625. The molecule has 0 aromatic heterocycles. The molecule has 2 aliphatic rings. The van der Waals surface area contributed by atoms with Crippen molar-refractivity contribution in [3.8, 4) is 0 Å². The minimum atomic E-state index is -0.920. The predicted octanol–water partition coefficient (Wildman–Crippen LogP) is 1.36. The summed E-state index contributed by atoms with van der Waals surface area (Å²) in [6, 6.07) is 0. The molecule has 0 amide bonds. The summed E-state index contributed by atoms with van der Waals surface area (Å²) < 4.78 is 17.1. The number of carbonyl (C=O) groups excluding carboxylic acids is 1. The Kier molecular flexibility index (Phi) is 1.44. The van der Waals surface area contributed by atoms with Crippen LogP contribution in [0.5, 0.6) is 0 Å². The van der Waals surface area contributed by atoms with Gasteiger partial charge in [-0.15, -0.1) is 0 Å². The van der Waals surface area contributed by atoms with Gasteiger partial charge in [-0.25, -0.2) is 9.18 Å². The molecule has 0 heterocycles. The van der Waals surface area contributed by atoms with E-state index >= 15 is 0 Å². The van der Waals surface area contributed by atoms with E-state index in [2.05, 4.69) is 0 Å². The van der Waals surface area contributed by atoms with E-state index in [0.29, 0.717) is 5.57 Å². The topological polar surface area (TPSA) is 26.3 Å². The number of carbonyl (C=O) groups is 1. The van der Waals surface area contributed by atoms with E-state index in [1.807, 2.05) is 0 Å². The Hall–Kier alpha value is -0.860. The Balaban J connectivity index is 1.85. The van der Waals surface area contributed by atoms with Gasteiger partial charge >= 0.3 is 5.97 Å². The van der Waals surface area contributed by atoms with Crippen LogP contribution in [-0.4, -0.2) is 18.2 Å². The van der Waals surface area contributed by atoms with Crippen LogP contribution in [0.2, 0.25) is 0 Å². The molecule has 0 aliphatic heterocycles. The second-order valence-electron chi connectivity index (χ2n) is 3.02. The van der Waals surface area contributed by atoms with Gasteiger partial charge in [0.25, 0.3) is 0 Å². The molecule has 0 bridgehead atoms. The molecule has 1 atom stereocenters. The van der Waals surface area contributed by atoms with Crippen LogP contribution in [-0.2, 0) is 9.53 Å². The van der Waals surface area contributed by atoms with Gasteiger partial charge in [-0.1, -0.05) is 0 Å². The molecule has 0 radical (unpaired) electrons. The molecule has 60 valence electrons. The van der Waals surface area contributed by atoms with Crippen molar-refractivity contribution < 1.29 is 13.9 Å². The highest BCUT2D eigenvalue weighted by Gasteiger charge is 2.31. The first-order valence-corrected chi connectivity index (χ1v) is 3.81. The molecule has 2 rings (SSSR count). The molecule has 0 saturated heterocycles. The van der Waals surface area contributed by atoms with Gasteiger partial charge < -0.3 is 4.74 Å². The third-order valence-corrected chi connectivity index (χ3v) is 1.86. The zero-order valence-corrected chi connectivity index (χ0v) is 6.05. The van der Waals surface area contributed by atoms with Gasteiger partial charge in [-0.3, -0.25) is 0 Å². The largest absolute Gasteiger partial charge is 0.459 e. The van der Waals surface area contributed by atoms with E-state index in [0.717, 1.165) is 12.8 Å². The molecule has 0 aromatic rings. The van der Waals surface area contributed by atoms with Gasteiger partial charge in [0.15, 0.2) is 0 Å². The van der Waals surface area contributed by atoms with E-state index in [1.54, 1.807) is 0 Å². The summed E-state index contributed by atoms with van der Waals surface area (Å²) in [5.74, 6) is -0.318. The lowest BCUT2D eigenvalue weighted by molar-refractivity contribution is -0.141. The number of esters is 1. The third-order valence-electron chi connectivity index (χ3n) is 1.86. The fourth-order valence-electron chi connectivity index (χ4n) is 0.959. The highest BCUT2D eigenvalue weighted by molar-refractivity contribution is 5.90. The lowest BCUT2D eigenvalue weighted by atomic mass is 9.97. The summed E-state index contributed by atoms with van der Waals surface area (Å²) in [6.45, 7) is 0. The first-order chi connectivity index (χ1) is 5.25. The zero-order chi connectivity index (χ0) is 7.84. The summed E-state index contributed by atoms with van der Waals surface area (Å²) in [6.07, 6.45) is 2.71. The lowest BCUT2D eigenvalue weighted by Crippen LogP contribution is -2.20. The zero-order valence-electron chi connectivity index (χ0n) is 6.05. The van der Waals surface area contributed by atoms with Gasteiger partial charge in [0.05, 0.1) is 0 Å². The molecule has 0 spiro atoms. The Morgan fingerprint density at radius 1 is 1.64 bits per heavy atom. The number of allylic oxidation sites excluding steroid dienone is 1. The number of halogens is 1. The van der Waals surface area contributed by atoms with Crippen molar-refractivity contribution in [1.82, 2.24) is 0 Å². The van der Waals surface area contributed by atoms with E-state index in [1.165, 1.54) is 6.08 Å². The van der Waals surface area contributed by atoms with Gasteiger partial charge in [0, 0.05) is 12.0 Å². The van der Waals surface area contributed by atoms with Crippen LogP contribution in [0.15, 0.2) is 11.6 Å². The summed E-state index contributed by atoms with van der Waals surface area (Å²) in [4.78, 5) is 11.0. The summed E-state index contributed by atoms with van der Waals surface area (Å²) in [5, 5.41) is 0. The molecule has 11 heavy (non-hydrogen) atoms. The average Bonchev–Trinajstić information content (AvgIpc) is 2.64.